The quantitative estimate of drug-likeness (QED) is 0.904. The Bertz CT molecular complexity index is 834. The second-order valence-electron chi connectivity index (χ2n) is 8.17. The van der Waals surface area contributed by atoms with E-state index < -0.39 is 0 Å². The number of rotatable bonds is 4. The first-order valence-corrected chi connectivity index (χ1v) is 10.0. The summed E-state index contributed by atoms with van der Waals surface area (Å²) < 4.78 is 1.99. The summed E-state index contributed by atoms with van der Waals surface area (Å²) in [5.74, 6) is 0.229. The summed E-state index contributed by atoms with van der Waals surface area (Å²) >= 11 is 0. The topological polar surface area (TPSA) is 58.4 Å². The zero-order valence-electron chi connectivity index (χ0n) is 16.3. The van der Waals surface area contributed by atoms with Crippen LogP contribution in [0, 0.1) is 13.8 Å². The third-order valence-corrected chi connectivity index (χ3v) is 6.48. The van der Waals surface area contributed by atoms with Crippen molar-refractivity contribution in [1.82, 2.24) is 14.7 Å². The molecule has 2 aliphatic rings. The Labute approximate surface area is 161 Å². The first kappa shape index (κ1) is 18.2. The summed E-state index contributed by atoms with van der Waals surface area (Å²) in [6.07, 6.45) is 3.51. The summed E-state index contributed by atoms with van der Waals surface area (Å²) in [5.41, 5.74) is 4.59. The lowest BCUT2D eigenvalue weighted by Gasteiger charge is -2.42. The van der Waals surface area contributed by atoms with Crippen LogP contribution in [0.1, 0.15) is 48.2 Å². The van der Waals surface area contributed by atoms with Crippen LogP contribution in [-0.2, 0) is 23.2 Å². The summed E-state index contributed by atoms with van der Waals surface area (Å²) in [6, 6.07) is 10.5. The van der Waals surface area contributed by atoms with Crippen LogP contribution >= 0.6 is 0 Å². The number of aromatic nitrogens is 2. The highest BCUT2D eigenvalue weighted by Crippen LogP contribution is 2.46. The molecule has 5 heteroatoms. The van der Waals surface area contributed by atoms with Gasteiger partial charge in [-0.25, -0.2) is 0 Å². The lowest BCUT2D eigenvalue weighted by atomic mass is 9.72. The summed E-state index contributed by atoms with van der Waals surface area (Å²) in [6.45, 7) is 6.31. The molecule has 27 heavy (non-hydrogen) atoms. The molecule has 144 valence electrons. The van der Waals surface area contributed by atoms with Gasteiger partial charge in [-0.1, -0.05) is 24.3 Å². The SMILES string of the molecule is Cc1cc(C)n(CCCC(=O)N2CCC3(CC2)c2ccccc2C[C@@H]3O)n1. The van der Waals surface area contributed by atoms with Gasteiger partial charge < -0.3 is 10.0 Å². The van der Waals surface area contributed by atoms with Gasteiger partial charge in [-0.3, -0.25) is 9.48 Å². The summed E-state index contributed by atoms with van der Waals surface area (Å²) in [5, 5.41) is 15.2. The van der Waals surface area contributed by atoms with Crippen LogP contribution in [0.25, 0.3) is 0 Å². The molecule has 1 aromatic carbocycles. The fraction of sp³-hybridized carbons (Fsp3) is 0.545. The van der Waals surface area contributed by atoms with Crippen molar-refractivity contribution in [3.05, 3.63) is 52.8 Å². The van der Waals surface area contributed by atoms with E-state index in [0.29, 0.717) is 6.42 Å². The molecule has 0 radical (unpaired) electrons. The zero-order valence-corrected chi connectivity index (χ0v) is 16.3. The number of hydrogen-bond donors (Lipinski definition) is 1. The Morgan fingerprint density at radius 2 is 2.00 bits per heavy atom. The van der Waals surface area contributed by atoms with Gasteiger partial charge in [0.1, 0.15) is 0 Å². The van der Waals surface area contributed by atoms with Crippen LogP contribution in [0.5, 0.6) is 0 Å². The van der Waals surface area contributed by atoms with Gasteiger partial charge in [0.25, 0.3) is 0 Å². The van der Waals surface area contributed by atoms with Crippen molar-refractivity contribution in [2.75, 3.05) is 13.1 Å². The monoisotopic (exact) mass is 367 g/mol. The van der Waals surface area contributed by atoms with E-state index in [1.165, 1.54) is 11.1 Å². The fourth-order valence-corrected chi connectivity index (χ4v) is 4.96. The predicted molar refractivity (Wildman–Crippen MR) is 105 cm³/mol. The van der Waals surface area contributed by atoms with E-state index in [0.717, 1.165) is 56.7 Å². The molecule has 0 bridgehead atoms. The molecule has 1 fully saturated rings. The standard InChI is InChI=1S/C22H29N3O2/c1-16-14-17(2)25(23-16)11-5-8-21(27)24-12-9-22(10-13-24)19-7-4-3-6-18(19)15-20(22)26/h3-4,6-7,14,20,26H,5,8-13,15H2,1-2H3/t20-/m0/s1. The van der Waals surface area contributed by atoms with E-state index in [4.69, 9.17) is 0 Å². The van der Waals surface area contributed by atoms with Gasteiger partial charge in [0.15, 0.2) is 0 Å². The number of aryl methyl sites for hydroxylation is 3. The number of hydrogen-bond acceptors (Lipinski definition) is 3. The number of likely N-dealkylation sites (tertiary alicyclic amines) is 1. The number of piperidine rings is 1. The first-order chi connectivity index (χ1) is 13.0. The van der Waals surface area contributed by atoms with E-state index in [1.54, 1.807) is 0 Å². The van der Waals surface area contributed by atoms with Gasteiger partial charge in [0, 0.05) is 37.2 Å². The summed E-state index contributed by atoms with van der Waals surface area (Å²) in [7, 11) is 0. The van der Waals surface area contributed by atoms with Gasteiger partial charge >= 0.3 is 0 Å². The molecule has 0 unspecified atom stereocenters. The van der Waals surface area contributed by atoms with Crippen molar-refractivity contribution in [3.8, 4) is 0 Å². The number of carbonyl (C=O) groups excluding carboxylic acids is 1. The molecular weight excluding hydrogens is 338 g/mol. The molecule has 1 aromatic heterocycles. The Kier molecular flexibility index (Phi) is 4.81. The molecule has 1 saturated heterocycles. The van der Waals surface area contributed by atoms with E-state index in [-0.39, 0.29) is 17.4 Å². The second kappa shape index (κ2) is 7.12. The molecule has 2 heterocycles. The Morgan fingerprint density at radius 1 is 1.26 bits per heavy atom. The molecule has 1 aliphatic carbocycles. The molecule has 1 amide bonds. The smallest absolute Gasteiger partial charge is 0.222 e. The first-order valence-electron chi connectivity index (χ1n) is 10.0. The Balaban J connectivity index is 1.33. The maximum absolute atomic E-state index is 12.6. The highest BCUT2D eigenvalue weighted by Gasteiger charge is 2.47. The minimum Gasteiger partial charge on any atom is -0.392 e. The van der Waals surface area contributed by atoms with Crippen LogP contribution in [0.3, 0.4) is 0 Å². The van der Waals surface area contributed by atoms with Crippen molar-refractivity contribution in [3.63, 3.8) is 0 Å². The average Bonchev–Trinajstić information content (AvgIpc) is 3.12. The van der Waals surface area contributed by atoms with Crippen molar-refractivity contribution < 1.29 is 9.90 Å². The van der Waals surface area contributed by atoms with Crippen LogP contribution < -0.4 is 0 Å². The second-order valence-corrected chi connectivity index (χ2v) is 8.17. The van der Waals surface area contributed by atoms with Gasteiger partial charge in [-0.15, -0.1) is 0 Å². The number of amides is 1. The van der Waals surface area contributed by atoms with Gasteiger partial charge in [-0.05, 0) is 56.7 Å². The highest BCUT2D eigenvalue weighted by atomic mass is 16.3. The molecule has 5 nitrogen and oxygen atoms in total. The molecule has 4 rings (SSSR count). The Hall–Kier alpha value is -2.14. The van der Waals surface area contributed by atoms with Crippen LogP contribution in [0.4, 0.5) is 0 Å². The maximum Gasteiger partial charge on any atom is 0.222 e. The molecular formula is C22H29N3O2. The summed E-state index contributed by atoms with van der Waals surface area (Å²) in [4.78, 5) is 14.6. The number of aliphatic hydroxyl groups excluding tert-OH is 1. The van der Waals surface area contributed by atoms with Crippen LogP contribution in [0.15, 0.2) is 30.3 Å². The molecule has 0 saturated carbocycles. The fourth-order valence-electron chi connectivity index (χ4n) is 4.96. The van der Waals surface area contributed by atoms with Crippen molar-refractivity contribution in [2.24, 2.45) is 0 Å². The van der Waals surface area contributed by atoms with Crippen LogP contribution in [0.2, 0.25) is 0 Å². The van der Waals surface area contributed by atoms with Gasteiger partial charge in [-0.2, -0.15) is 5.10 Å². The average molecular weight is 367 g/mol. The van der Waals surface area contributed by atoms with E-state index in [2.05, 4.69) is 36.3 Å². The molecule has 1 atom stereocenters. The lowest BCUT2D eigenvalue weighted by molar-refractivity contribution is -0.133. The van der Waals surface area contributed by atoms with Crippen molar-refractivity contribution in [1.29, 1.82) is 0 Å². The molecule has 1 N–H and O–H groups in total. The third-order valence-electron chi connectivity index (χ3n) is 6.48. The highest BCUT2D eigenvalue weighted by molar-refractivity contribution is 5.76. The maximum atomic E-state index is 12.6. The largest absolute Gasteiger partial charge is 0.392 e. The normalized spacial score (nSPS) is 20.9. The minimum atomic E-state index is -0.321. The number of benzene rings is 1. The van der Waals surface area contributed by atoms with E-state index in [1.807, 2.05) is 22.6 Å². The number of nitrogens with zero attached hydrogens (tertiary/aromatic N) is 3. The zero-order chi connectivity index (χ0) is 19.0. The molecule has 2 aromatic rings. The van der Waals surface area contributed by atoms with E-state index in [9.17, 15) is 9.90 Å². The van der Waals surface area contributed by atoms with Crippen LogP contribution in [-0.4, -0.2) is 44.9 Å². The lowest BCUT2D eigenvalue weighted by Crippen LogP contribution is -2.49. The molecule has 1 aliphatic heterocycles. The number of aliphatic hydroxyl groups is 1. The van der Waals surface area contributed by atoms with Gasteiger partial charge in [0.05, 0.1) is 11.8 Å². The molecule has 1 spiro atoms. The van der Waals surface area contributed by atoms with Crippen molar-refractivity contribution in [2.45, 2.75) is 64.0 Å². The number of carbonyl (C=O) groups is 1. The minimum absolute atomic E-state index is 0.156. The van der Waals surface area contributed by atoms with E-state index >= 15 is 0 Å². The predicted octanol–water partition coefficient (Wildman–Crippen LogP) is 2.76. The van der Waals surface area contributed by atoms with Gasteiger partial charge in [0.2, 0.25) is 5.91 Å². The van der Waals surface area contributed by atoms with Crippen molar-refractivity contribution >= 4 is 5.91 Å². The number of fused-ring (bicyclic) bond motifs is 2. The Morgan fingerprint density at radius 3 is 2.70 bits per heavy atom. The third kappa shape index (κ3) is 3.29.